The van der Waals surface area contributed by atoms with Gasteiger partial charge in [0.15, 0.2) is 0 Å². The average molecular weight is 269 g/mol. The van der Waals surface area contributed by atoms with Gasteiger partial charge < -0.3 is 15.2 Å². The second-order valence-corrected chi connectivity index (χ2v) is 5.13. The Hall–Kier alpha value is -2.00. The molecular formula is C17H19NO2. The van der Waals surface area contributed by atoms with E-state index in [0.29, 0.717) is 6.54 Å². The van der Waals surface area contributed by atoms with E-state index < -0.39 is 0 Å². The number of ether oxygens (including phenoxy) is 2. The largest absolute Gasteiger partial charge is 0.496 e. The fourth-order valence-electron chi connectivity index (χ4n) is 2.74. The van der Waals surface area contributed by atoms with Crippen LogP contribution < -0.4 is 15.2 Å². The van der Waals surface area contributed by atoms with Crippen molar-refractivity contribution in [3.05, 3.63) is 47.0 Å². The third kappa shape index (κ3) is 2.14. The summed E-state index contributed by atoms with van der Waals surface area (Å²) in [5.41, 5.74) is 11.6. The molecule has 3 nitrogen and oxygen atoms in total. The molecule has 1 heterocycles. The lowest BCUT2D eigenvalue weighted by Crippen LogP contribution is -2.00. The number of nitrogens with two attached hydrogens (primary N) is 1. The van der Waals surface area contributed by atoms with Gasteiger partial charge in [0.05, 0.1) is 13.7 Å². The highest BCUT2D eigenvalue weighted by Crippen LogP contribution is 2.38. The summed E-state index contributed by atoms with van der Waals surface area (Å²) in [6.07, 6.45) is 0.949. The topological polar surface area (TPSA) is 44.5 Å². The molecule has 0 atom stereocenters. The first-order valence-corrected chi connectivity index (χ1v) is 6.86. The van der Waals surface area contributed by atoms with Gasteiger partial charge in [-0.3, -0.25) is 0 Å². The van der Waals surface area contributed by atoms with Crippen molar-refractivity contribution in [3.63, 3.8) is 0 Å². The highest BCUT2D eigenvalue weighted by Gasteiger charge is 2.18. The highest BCUT2D eigenvalue weighted by atomic mass is 16.5. The van der Waals surface area contributed by atoms with Crippen molar-refractivity contribution in [2.45, 2.75) is 19.9 Å². The molecule has 2 N–H and O–H groups in total. The van der Waals surface area contributed by atoms with Crippen LogP contribution in [0.15, 0.2) is 30.3 Å². The van der Waals surface area contributed by atoms with Gasteiger partial charge in [0.2, 0.25) is 0 Å². The third-order valence-corrected chi connectivity index (χ3v) is 3.75. The van der Waals surface area contributed by atoms with Crippen LogP contribution in [-0.4, -0.2) is 13.7 Å². The Morgan fingerprint density at radius 2 is 2.10 bits per heavy atom. The normalized spacial score (nSPS) is 12.9. The first-order chi connectivity index (χ1) is 9.72. The number of methoxy groups -OCH3 is 1. The number of aryl methyl sites for hydroxylation is 1. The van der Waals surface area contributed by atoms with E-state index in [1.165, 1.54) is 11.1 Å². The Kier molecular flexibility index (Phi) is 3.36. The summed E-state index contributed by atoms with van der Waals surface area (Å²) in [6.45, 7) is 3.32. The van der Waals surface area contributed by atoms with Crippen LogP contribution in [0.4, 0.5) is 0 Å². The van der Waals surface area contributed by atoms with Crippen LogP contribution in [0.2, 0.25) is 0 Å². The van der Waals surface area contributed by atoms with Gasteiger partial charge >= 0.3 is 0 Å². The Morgan fingerprint density at radius 1 is 1.25 bits per heavy atom. The van der Waals surface area contributed by atoms with Crippen molar-refractivity contribution in [2.24, 2.45) is 5.73 Å². The number of fused-ring (bicyclic) bond motifs is 1. The lowest BCUT2D eigenvalue weighted by molar-refractivity contribution is 0.353. The SMILES string of the molecule is COc1ccc(C)cc1-c1cc(CN)c2c(c1)CCO2. The summed E-state index contributed by atoms with van der Waals surface area (Å²) < 4.78 is 11.2. The summed E-state index contributed by atoms with van der Waals surface area (Å²) in [5.74, 6) is 1.86. The molecule has 0 saturated heterocycles. The van der Waals surface area contributed by atoms with E-state index in [1.54, 1.807) is 7.11 Å². The van der Waals surface area contributed by atoms with Crippen LogP contribution in [-0.2, 0) is 13.0 Å². The van der Waals surface area contributed by atoms with Gasteiger partial charge in [-0.25, -0.2) is 0 Å². The number of benzene rings is 2. The Labute approximate surface area is 119 Å². The minimum atomic E-state index is 0.490. The molecule has 104 valence electrons. The lowest BCUT2D eigenvalue weighted by atomic mass is 9.96. The number of rotatable bonds is 3. The van der Waals surface area contributed by atoms with Crippen LogP contribution >= 0.6 is 0 Å². The van der Waals surface area contributed by atoms with Gasteiger partial charge in [0.25, 0.3) is 0 Å². The standard InChI is InChI=1S/C17H19NO2/c1-11-3-4-16(19-2)15(7-11)13-8-12-5-6-20-17(12)14(9-13)10-18/h3-4,7-9H,5-6,10,18H2,1-2H3. The zero-order valence-corrected chi connectivity index (χ0v) is 11.9. The zero-order chi connectivity index (χ0) is 14.1. The maximum absolute atomic E-state index is 5.86. The molecule has 3 heteroatoms. The molecule has 20 heavy (non-hydrogen) atoms. The van der Waals surface area contributed by atoms with Gasteiger partial charge in [0.1, 0.15) is 11.5 Å². The predicted molar refractivity (Wildman–Crippen MR) is 80.3 cm³/mol. The molecule has 2 aromatic rings. The van der Waals surface area contributed by atoms with Crippen LogP contribution in [0.3, 0.4) is 0 Å². The van der Waals surface area contributed by atoms with Crippen molar-refractivity contribution in [1.82, 2.24) is 0 Å². The highest BCUT2D eigenvalue weighted by molar-refractivity contribution is 5.74. The monoisotopic (exact) mass is 269 g/mol. The van der Waals surface area contributed by atoms with E-state index >= 15 is 0 Å². The molecule has 2 aromatic carbocycles. The minimum absolute atomic E-state index is 0.490. The van der Waals surface area contributed by atoms with E-state index in [-0.39, 0.29) is 0 Å². The molecule has 0 bridgehead atoms. The maximum atomic E-state index is 5.86. The van der Waals surface area contributed by atoms with Gasteiger partial charge in [-0.15, -0.1) is 0 Å². The smallest absolute Gasteiger partial charge is 0.127 e. The molecule has 0 aromatic heterocycles. The first kappa shape index (κ1) is 13.0. The molecular weight excluding hydrogens is 250 g/mol. The summed E-state index contributed by atoms with van der Waals surface area (Å²) in [5, 5.41) is 0. The van der Waals surface area contributed by atoms with Crippen LogP contribution in [0.25, 0.3) is 11.1 Å². The Balaban J connectivity index is 2.18. The van der Waals surface area contributed by atoms with E-state index in [2.05, 4.69) is 31.2 Å². The molecule has 0 spiro atoms. The minimum Gasteiger partial charge on any atom is -0.496 e. The fraction of sp³-hybridized carbons (Fsp3) is 0.294. The average Bonchev–Trinajstić information content (AvgIpc) is 2.94. The molecule has 0 saturated carbocycles. The number of hydrogen-bond acceptors (Lipinski definition) is 3. The molecule has 3 rings (SSSR count). The first-order valence-electron chi connectivity index (χ1n) is 6.86. The lowest BCUT2D eigenvalue weighted by Gasteiger charge is -2.13. The van der Waals surface area contributed by atoms with Crippen molar-refractivity contribution in [1.29, 1.82) is 0 Å². The van der Waals surface area contributed by atoms with Crippen molar-refractivity contribution in [3.8, 4) is 22.6 Å². The van der Waals surface area contributed by atoms with Crippen LogP contribution in [0.5, 0.6) is 11.5 Å². The van der Waals surface area contributed by atoms with Crippen molar-refractivity contribution < 1.29 is 9.47 Å². The second kappa shape index (κ2) is 5.17. The summed E-state index contributed by atoms with van der Waals surface area (Å²) in [7, 11) is 1.70. The summed E-state index contributed by atoms with van der Waals surface area (Å²) >= 11 is 0. The molecule has 0 aliphatic carbocycles. The van der Waals surface area contributed by atoms with Crippen LogP contribution in [0, 0.1) is 6.92 Å². The fourth-order valence-corrected chi connectivity index (χ4v) is 2.74. The van der Waals surface area contributed by atoms with Gasteiger partial charge in [-0.2, -0.15) is 0 Å². The van der Waals surface area contributed by atoms with E-state index in [0.717, 1.165) is 41.2 Å². The molecule has 1 aliphatic rings. The van der Waals surface area contributed by atoms with Gasteiger partial charge in [-0.05, 0) is 42.3 Å². The van der Waals surface area contributed by atoms with Crippen molar-refractivity contribution in [2.75, 3.05) is 13.7 Å². The summed E-state index contributed by atoms with van der Waals surface area (Å²) in [4.78, 5) is 0. The van der Waals surface area contributed by atoms with E-state index in [9.17, 15) is 0 Å². The summed E-state index contributed by atoms with van der Waals surface area (Å²) in [6, 6.07) is 10.5. The van der Waals surface area contributed by atoms with Gasteiger partial charge in [0, 0.05) is 24.1 Å². The zero-order valence-electron chi connectivity index (χ0n) is 11.9. The van der Waals surface area contributed by atoms with Crippen LogP contribution in [0.1, 0.15) is 16.7 Å². The third-order valence-electron chi connectivity index (χ3n) is 3.75. The Morgan fingerprint density at radius 3 is 2.85 bits per heavy atom. The number of hydrogen-bond donors (Lipinski definition) is 1. The molecule has 0 radical (unpaired) electrons. The van der Waals surface area contributed by atoms with Crippen molar-refractivity contribution >= 4 is 0 Å². The predicted octanol–water partition coefficient (Wildman–Crippen LogP) is 3.06. The second-order valence-electron chi connectivity index (χ2n) is 5.13. The molecule has 0 amide bonds. The molecule has 0 unspecified atom stereocenters. The van der Waals surface area contributed by atoms with Gasteiger partial charge in [-0.1, -0.05) is 11.6 Å². The van der Waals surface area contributed by atoms with E-state index in [1.807, 2.05) is 6.07 Å². The maximum Gasteiger partial charge on any atom is 0.127 e. The molecule has 1 aliphatic heterocycles. The quantitative estimate of drug-likeness (QED) is 0.931. The Bertz CT molecular complexity index is 650. The molecule has 0 fully saturated rings. The van der Waals surface area contributed by atoms with E-state index in [4.69, 9.17) is 15.2 Å².